The Hall–Kier alpha value is -0.760. The summed E-state index contributed by atoms with van der Waals surface area (Å²) >= 11 is 8.03. The Balaban J connectivity index is 3.89. The van der Waals surface area contributed by atoms with Crippen molar-refractivity contribution in [3.05, 3.63) is 0 Å². The summed E-state index contributed by atoms with van der Waals surface area (Å²) in [5, 5.41) is 13.4. The molecule has 0 saturated heterocycles. The molecule has 6 nitrogen and oxygen atoms in total. The highest BCUT2D eigenvalue weighted by atomic mass is 32.1. The first-order valence-corrected chi connectivity index (χ1v) is 7.89. The zero-order chi connectivity index (χ0) is 15.4. The van der Waals surface area contributed by atoms with Crippen LogP contribution in [-0.2, 0) is 9.59 Å². The molecule has 0 saturated carbocycles. The molecule has 0 bridgehead atoms. The number of amides is 2. The average Bonchev–Trinajstić information content (AvgIpc) is 2.45. The number of nitrogens with zero attached hydrogens (tertiary/aromatic N) is 2. The highest BCUT2D eigenvalue weighted by Gasteiger charge is 2.13. The van der Waals surface area contributed by atoms with Crippen molar-refractivity contribution in [2.75, 3.05) is 37.7 Å². The Morgan fingerprint density at radius 3 is 1.55 bits per heavy atom. The molecule has 0 aromatic heterocycles. The van der Waals surface area contributed by atoms with E-state index >= 15 is 0 Å². The third-order valence-electron chi connectivity index (χ3n) is 2.53. The molecule has 0 radical (unpaired) electrons. The molecule has 2 N–H and O–H groups in total. The summed E-state index contributed by atoms with van der Waals surface area (Å²) in [6, 6.07) is 0. The fourth-order valence-corrected chi connectivity index (χ4v) is 1.46. The monoisotopic (exact) mass is 320 g/mol. The van der Waals surface area contributed by atoms with Crippen molar-refractivity contribution in [3.63, 3.8) is 0 Å². The molecule has 0 aromatic rings. The number of thiol groups is 2. The summed E-state index contributed by atoms with van der Waals surface area (Å²) in [5.41, 5.74) is 0. The van der Waals surface area contributed by atoms with Gasteiger partial charge in [0.15, 0.2) is 0 Å². The largest absolute Gasteiger partial charge is 0.355 e. The molecule has 0 heterocycles. The van der Waals surface area contributed by atoms with E-state index in [1.807, 2.05) is 0 Å². The van der Waals surface area contributed by atoms with E-state index in [1.54, 1.807) is 13.8 Å². The lowest BCUT2D eigenvalue weighted by atomic mass is 10.1. The highest BCUT2D eigenvalue weighted by molar-refractivity contribution is 7.80. The second kappa shape index (κ2) is 12.0. The van der Waals surface area contributed by atoms with Crippen LogP contribution in [0.25, 0.3) is 0 Å². The van der Waals surface area contributed by atoms with Gasteiger partial charge in [-0.2, -0.15) is 35.5 Å². The zero-order valence-corrected chi connectivity index (χ0v) is 13.8. The second-order valence-corrected chi connectivity index (χ2v) is 5.37. The van der Waals surface area contributed by atoms with Gasteiger partial charge < -0.3 is 10.6 Å². The Morgan fingerprint density at radius 1 is 0.900 bits per heavy atom. The molecule has 0 rings (SSSR count). The first-order chi connectivity index (χ1) is 9.52. The van der Waals surface area contributed by atoms with E-state index in [9.17, 15) is 9.59 Å². The molecule has 0 aliphatic rings. The maximum Gasteiger partial charge on any atom is 0.224 e. The first kappa shape index (κ1) is 19.2. The molecule has 8 heteroatoms. The molecule has 0 aromatic carbocycles. The molecule has 2 atom stereocenters. The van der Waals surface area contributed by atoms with Gasteiger partial charge in [-0.25, -0.2) is 0 Å². The van der Waals surface area contributed by atoms with Gasteiger partial charge in [-0.05, 0) is 0 Å². The zero-order valence-electron chi connectivity index (χ0n) is 12.0. The third-order valence-corrected chi connectivity index (χ3v) is 2.98. The topological polar surface area (TPSA) is 82.9 Å². The van der Waals surface area contributed by atoms with Gasteiger partial charge in [0.2, 0.25) is 11.8 Å². The van der Waals surface area contributed by atoms with Gasteiger partial charge in [0, 0.05) is 24.6 Å². The fraction of sp³-hybridized carbons (Fsp3) is 0.833. The van der Waals surface area contributed by atoms with Gasteiger partial charge in [-0.3, -0.25) is 9.59 Å². The van der Waals surface area contributed by atoms with E-state index in [-0.39, 0.29) is 23.7 Å². The maximum absolute atomic E-state index is 11.5. The molecule has 2 amide bonds. The first-order valence-electron chi connectivity index (χ1n) is 6.63. The summed E-state index contributed by atoms with van der Waals surface area (Å²) in [6.45, 7) is 5.32. The van der Waals surface area contributed by atoms with Gasteiger partial charge in [0.1, 0.15) is 0 Å². The number of hydrogen-bond donors (Lipinski definition) is 4. The van der Waals surface area contributed by atoms with Crippen molar-refractivity contribution in [1.29, 1.82) is 0 Å². The van der Waals surface area contributed by atoms with Crippen LogP contribution in [0.2, 0.25) is 0 Å². The predicted molar refractivity (Wildman–Crippen MR) is 86.6 cm³/mol. The van der Waals surface area contributed by atoms with Crippen molar-refractivity contribution in [1.82, 2.24) is 10.6 Å². The summed E-state index contributed by atoms with van der Waals surface area (Å²) in [6.07, 6.45) is 0. The van der Waals surface area contributed by atoms with Crippen molar-refractivity contribution in [2.45, 2.75) is 13.8 Å². The van der Waals surface area contributed by atoms with Crippen LogP contribution in [0, 0.1) is 11.8 Å². The van der Waals surface area contributed by atoms with Crippen LogP contribution in [0.1, 0.15) is 13.8 Å². The lowest BCUT2D eigenvalue weighted by molar-refractivity contribution is -0.125. The number of nitrogens with one attached hydrogen (secondary N) is 2. The standard InChI is InChI=1S/C12H24N4O2S2/c1-9(11(17)13-3-5-19)7-15-16-8-10(2)12(18)14-4-6-20/h9-10,19-20H,3-8H2,1-2H3,(H,13,17)(H,14,18). The molecule has 0 aliphatic carbocycles. The molecule has 20 heavy (non-hydrogen) atoms. The maximum atomic E-state index is 11.5. The van der Waals surface area contributed by atoms with Gasteiger partial charge in [0.25, 0.3) is 0 Å². The lowest BCUT2D eigenvalue weighted by Crippen LogP contribution is -2.32. The van der Waals surface area contributed by atoms with E-state index in [4.69, 9.17) is 0 Å². The number of hydrogen-bond acceptors (Lipinski definition) is 6. The van der Waals surface area contributed by atoms with Crippen LogP contribution >= 0.6 is 25.3 Å². The van der Waals surface area contributed by atoms with Crippen LogP contribution in [0.3, 0.4) is 0 Å². The SMILES string of the molecule is CC(CN=NCC(C)C(=O)NCCS)C(=O)NCCS. The minimum absolute atomic E-state index is 0.0578. The Labute approximate surface area is 131 Å². The summed E-state index contributed by atoms with van der Waals surface area (Å²) in [4.78, 5) is 23.1. The van der Waals surface area contributed by atoms with E-state index < -0.39 is 0 Å². The van der Waals surface area contributed by atoms with Crippen LogP contribution < -0.4 is 10.6 Å². The predicted octanol–water partition coefficient (Wildman–Crippen LogP) is 0.803. The van der Waals surface area contributed by atoms with Gasteiger partial charge in [-0.1, -0.05) is 13.8 Å². The quantitative estimate of drug-likeness (QED) is 0.355. The molecular formula is C12H24N4O2S2. The van der Waals surface area contributed by atoms with Gasteiger partial charge in [-0.15, -0.1) is 0 Å². The minimum Gasteiger partial charge on any atom is -0.355 e. The smallest absolute Gasteiger partial charge is 0.224 e. The fourth-order valence-electron chi connectivity index (χ4n) is 1.23. The minimum atomic E-state index is -0.230. The molecular weight excluding hydrogens is 296 g/mol. The molecule has 2 unspecified atom stereocenters. The molecule has 0 spiro atoms. The number of carbonyl (C=O) groups excluding carboxylic acids is 2. The molecule has 116 valence electrons. The summed E-state index contributed by atoms with van der Waals surface area (Å²) in [7, 11) is 0. The van der Waals surface area contributed by atoms with Gasteiger partial charge >= 0.3 is 0 Å². The number of carbonyl (C=O) groups is 2. The molecule has 0 fully saturated rings. The van der Waals surface area contributed by atoms with Crippen molar-refractivity contribution in [2.24, 2.45) is 22.1 Å². The van der Waals surface area contributed by atoms with Crippen LogP contribution in [0.4, 0.5) is 0 Å². The van der Waals surface area contributed by atoms with Crippen LogP contribution in [0.5, 0.6) is 0 Å². The van der Waals surface area contributed by atoms with Crippen molar-refractivity contribution in [3.8, 4) is 0 Å². The average molecular weight is 320 g/mol. The van der Waals surface area contributed by atoms with Crippen molar-refractivity contribution < 1.29 is 9.59 Å². The van der Waals surface area contributed by atoms with E-state index in [0.29, 0.717) is 37.7 Å². The number of azo groups is 1. The van der Waals surface area contributed by atoms with Crippen LogP contribution in [0.15, 0.2) is 10.2 Å². The van der Waals surface area contributed by atoms with E-state index in [1.165, 1.54) is 0 Å². The Bertz CT molecular complexity index is 297. The summed E-state index contributed by atoms with van der Waals surface area (Å²) in [5.74, 6) is 0.645. The van der Waals surface area contributed by atoms with Gasteiger partial charge in [0.05, 0.1) is 24.9 Å². The number of rotatable bonds is 10. The Kier molecular flexibility index (Phi) is 11.6. The lowest BCUT2D eigenvalue weighted by Gasteiger charge is -2.09. The van der Waals surface area contributed by atoms with Crippen LogP contribution in [-0.4, -0.2) is 49.5 Å². The van der Waals surface area contributed by atoms with E-state index in [2.05, 4.69) is 46.1 Å². The Morgan fingerprint density at radius 2 is 1.25 bits per heavy atom. The third kappa shape index (κ3) is 9.19. The highest BCUT2D eigenvalue weighted by Crippen LogP contribution is 1.99. The normalized spacial score (nSPS) is 14.0. The van der Waals surface area contributed by atoms with E-state index in [0.717, 1.165) is 0 Å². The summed E-state index contributed by atoms with van der Waals surface area (Å²) < 4.78 is 0. The second-order valence-electron chi connectivity index (χ2n) is 4.48. The van der Waals surface area contributed by atoms with Crippen molar-refractivity contribution >= 4 is 37.1 Å². The molecule has 0 aliphatic heterocycles.